The summed E-state index contributed by atoms with van der Waals surface area (Å²) >= 11 is -1.52. The van der Waals surface area contributed by atoms with Gasteiger partial charge >= 0.3 is 103 Å². The Morgan fingerprint density at radius 3 is 2.00 bits per heavy atom. The molecule has 0 unspecified atom stereocenters. The molecule has 15 heavy (non-hydrogen) atoms. The number of hydrogen-bond acceptors (Lipinski definition) is 2. The number of nitrogens with zero attached hydrogens (tertiary/aromatic N) is 1. The van der Waals surface area contributed by atoms with E-state index in [2.05, 4.69) is 30.7 Å². The molecule has 0 heterocycles. The van der Waals surface area contributed by atoms with Gasteiger partial charge in [-0.15, -0.1) is 0 Å². The molecule has 0 saturated heterocycles. The van der Waals surface area contributed by atoms with Crippen LogP contribution in [0.15, 0.2) is 11.8 Å². The zero-order valence-corrected chi connectivity index (χ0v) is 14.1. The Balaban J connectivity index is 4.65. The zero-order chi connectivity index (χ0) is 11.8. The van der Waals surface area contributed by atoms with Crippen molar-refractivity contribution in [1.82, 2.24) is 2.89 Å². The molecule has 0 atom stereocenters. The Hall–Kier alpha value is 0.0801. The fourth-order valence-electron chi connectivity index (χ4n) is 1.81. The molecule has 0 aromatic heterocycles. The quantitative estimate of drug-likeness (QED) is 0.673. The van der Waals surface area contributed by atoms with Crippen LogP contribution in [0.1, 0.15) is 40.5 Å². The van der Waals surface area contributed by atoms with Crippen molar-refractivity contribution in [3.05, 3.63) is 11.8 Å². The van der Waals surface area contributed by atoms with Crippen LogP contribution in [0.4, 0.5) is 0 Å². The summed E-state index contributed by atoms with van der Waals surface area (Å²) in [5, 5.41) is 0. The van der Waals surface area contributed by atoms with Gasteiger partial charge in [0.15, 0.2) is 0 Å². The van der Waals surface area contributed by atoms with Crippen LogP contribution in [0.5, 0.6) is 0 Å². The second-order valence-electron chi connectivity index (χ2n) is 3.89. The van der Waals surface area contributed by atoms with Gasteiger partial charge in [-0.05, 0) is 0 Å². The molecule has 3 heteroatoms. The normalized spacial score (nSPS) is 11.4. The first-order valence-corrected chi connectivity index (χ1v) is 12.2. The van der Waals surface area contributed by atoms with Gasteiger partial charge in [-0.1, -0.05) is 0 Å². The predicted octanol–water partition coefficient (Wildman–Crippen LogP) is 3.22. The first-order valence-electron chi connectivity index (χ1n) is 6.06. The first kappa shape index (κ1) is 15.1. The van der Waals surface area contributed by atoms with Crippen LogP contribution < -0.4 is 0 Å². The molecular formula is C12H24InNO. The van der Waals surface area contributed by atoms with Crippen molar-refractivity contribution in [3.63, 3.8) is 0 Å². The molecule has 0 spiro atoms. The monoisotopic (exact) mass is 313 g/mol. The minimum absolute atomic E-state index is 0.260. The van der Waals surface area contributed by atoms with Crippen LogP contribution >= 0.6 is 0 Å². The molecular weight excluding hydrogens is 289 g/mol. The Bertz CT molecular complexity index is 222. The molecule has 0 N–H and O–H groups in total. The van der Waals surface area contributed by atoms with E-state index >= 15 is 0 Å². The Morgan fingerprint density at radius 2 is 1.67 bits per heavy atom. The van der Waals surface area contributed by atoms with E-state index in [1.807, 2.05) is 13.0 Å². The van der Waals surface area contributed by atoms with E-state index in [4.69, 9.17) is 0 Å². The number of hydrogen-bond donors (Lipinski definition) is 0. The van der Waals surface area contributed by atoms with Crippen LogP contribution in [0.25, 0.3) is 0 Å². The van der Waals surface area contributed by atoms with E-state index in [0.717, 1.165) is 6.42 Å². The third-order valence-electron chi connectivity index (χ3n) is 2.98. The van der Waals surface area contributed by atoms with Gasteiger partial charge in [0.2, 0.25) is 0 Å². The van der Waals surface area contributed by atoms with Gasteiger partial charge in [-0.3, -0.25) is 0 Å². The maximum absolute atomic E-state index is 11.4. The van der Waals surface area contributed by atoms with Crippen molar-refractivity contribution < 1.29 is 4.79 Å². The molecule has 0 aliphatic rings. The number of carbonyl (C=O) groups excluding carboxylic acids is 1. The van der Waals surface area contributed by atoms with Crippen molar-refractivity contribution in [2.45, 2.75) is 48.9 Å². The molecule has 0 amide bonds. The van der Waals surface area contributed by atoms with Gasteiger partial charge in [0.1, 0.15) is 0 Å². The molecule has 0 saturated carbocycles. The topological polar surface area (TPSA) is 20.3 Å². The van der Waals surface area contributed by atoms with Crippen LogP contribution in [-0.4, -0.2) is 37.4 Å². The summed E-state index contributed by atoms with van der Waals surface area (Å²) in [6, 6.07) is 0. The van der Waals surface area contributed by atoms with E-state index in [9.17, 15) is 4.79 Å². The SMILES string of the molecule is CCC(=O)/C=C(/CC)[N](C)[In]([CH2]C)[CH2]C. The number of ketones is 1. The van der Waals surface area contributed by atoms with Crippen molar-refractivity contribution in [3.8, 4) is 0 Å². The van der Waals surface area contributed by atoms with Crippen molar-refractivity contribution >= 4 is 27.5 Å². The van der Waals surface area contributed by atoms with Gasteiger partial charge in [0.05, 0.1) is 0 Å². The predicted molar refractivity (Wildman–Crippen MR) is 68.2 cm³/mol. The maximum atomic E-state index is 11.4. The first-order chi connectivity index (χ1) is 7.10. The molecule has 0 aliphatic heterocycles. The number of rotatable bonds is 7. The second-order valence-corrected chi connectivity index (χ2v) is 14.5. The molecule has 2 nitrogen and oxygen atoms in total. The average molecular weight is 313 g/mol. The fourth-order valence-corrected chi connectivity index (χ4v) is 8.66. The fraction of sp³-hybridized carbons (Fsp3) is 0.750. The van der Waals surface area contributed by atoms with Gasteiger partial charge in [-0.2, -0.15) is 0 Å². The van der Waals surface area contributed by atoms with Gasteiger partial charge in [0, 0.05) is 0 Å². The third kappa shape index (κ3) is 5.10. The summed E-state index contributed by atoms with van der Waals surface area (Å²) in [4.78, 5) is 11.4. The van der Waals surface area contributed by atoms with Gasteiger partial charge in [-0.25, -0.2) is 0 Å². The Morgan fingerprint density at radius 1 is 1.13 bits per heavy atom. The standard InChI is InChI=1S/C8H15NO.2C2H5.In/c1-4-7(9-3)6-8(10)5-2;2*1-2;/h6H,4-5H2,1-3H3,(H,9,10);2*1H2,2H3;/q;;;+1/p-1. The molecule has 0 aromatic carbocycles. The molecule has 0 aliphatic carbocycles. The molecule has 0 rings (SSSR count). The van der Waals surface area contributed by atoms with Crippen molar-refractivity contribution in [2.75, 3.05) is 7.05 Å². The van der Waals surface area contributed by atoms with Crippen LogP contribution in [0.3, 0.4) is 0 Å². The summed E-state index contributed by atoms with van der Waals surface area (Å²) in [6.07, 6.45) is 3.46. The molecule has 0 aromatic rings. The van der Waals surface area contributed by atoms with Gasteiger partial charge < -0.3 is 0 Å². The van der Waals surface area contributed by atoms with Crippen LogP contribution in [-0.2, 0) is 4.79 Å². The summed E-state index contributed by atoms with van der Waals surface area (Å²) in [5.74, 6) is 0.260. The molecule has 0 fully saturated rings. The Labute approximate surface area is 103 Å². The van der Waals surface area contributed by atoms with Crippen molar-refractivity contribution in [2.24, 2.45) is 0 Å². The van der Waals surface area contributed by atoms with E-state index in [-0.39, 0.29) is 5.78 Å². The summed E-state index contributed by atoms with van der Waals surface area (Å²) in [7, 11) is 2.19. The third-order valence-corrected chi connectivity index (χ3v) is 12.4. The van der Waals surface area contributed by atoms with E-state index in [1.165, 1.54) is 14.1 Å². The molecule has 0 radical (unpaired) electrons. The summed E-state index contributed by atoms with van der Waals surface area (Å²) < 4.78 is 5.15. The molecule has 0 bridgehead atoms. The Kier molecular flexibility index (Phi) is 8.30. The van der Waals surface area contributed by atoms with E-state index < -0.39 is 21.7 Å². The van der Waals surface area contributed by atoms with E-state index in [0.29, 0.717) is 6.42 Å². The summed E-state index contributed by atoms with van der Waals surface area (Å²) in [6.45, 7) is 8.64. The van der Waals surface area contributed by atoms with Crippen LogP contribution in [0, 0.1) is 0 Å². The summed E-state index contributed by atoms with van der Waals surface area (Å²) in [5.41, 5.74) is 1.26. The number of carbonyl (C=O) groups is 1. The van der Waals surface area contributed by atoms with E-state index in [1.54, 1.807) is 0 Å². The van der Waals surface area contributed by atoms with Crippen LogP contribution in [0.2, 0.25) is 8.35 Å². The average Bonchev–Trinajstić information content (AvgIpc) is 2.26. The van der Waals surface area contributed by atoms with Crippen molar-refractivity contribution in [1.29, 1.82) is 0 Å². The molecule has 86 valence electrons. The second kappa shape index (κ2) is 8.26. The minimum atomic E-state index is -1.52. The zero-order valence-electron chi connectivity index (χ0n) is 10.8. The number of allylic oxidation sites excluding steroid dienone is 2. The van der Waals surface area contributed by atoms with Gasteiger partial charge in [0.25, 0.3) is 0 Å².